The maximum Gasteiger partial charge on any atom is 0.221 e. The average Bonchev–Trinajstić information content (AvgIpc) is 2.63. The second kappa shape index (κ2) is 8.07. The normalized spacial score (nSPS) is 10.2. The second-order valence-electron chi connectivity index (χ2n) is 5.78. The molecule has 3 aromatic carbocycles. The Morgan fingerprint density at radius 3 is 2.31 bits per heavy atom. The van der Waals surface area contributed by atoms with E-state index in [9.17, 15) is 9.90 Å². The van der Waals surface area contributed by atoms with Gasteiger partial charge in [0.05, 0.1) is 5.69 Å². The van der Waals surface area contributed by atoms with E-state index in [-0.39, 0.29) is 11.7 Å². The highest BCUT2D eigenvalue weighted by Gasteiger charge is 2.07. The van der Waals surface area contributed by atoms with Crippen molar-refractivity contribution in [2.45, 2.75) is 13.5 Å². The number of ether oxygens (including phenoxy) is 1. The van der Waals surface area contributed by atoms with E-state index in [0.717, 1.165) is 16.9 Å². The molecule has 0 saturated carbocycles. The molecular weight excluding hydrogens is 328 g/mol. The van der Waals surface area contributed by atoms with E-state index in [0.29, 0.717) is 18.0 Å². The molecule has 3 aromatic rings. The van der Waals surface area contributed by atoms with Crippen molar-refractivity contribution in [2.75, 3.05) is 10.6 Å². The summed E-state index contributed by atoms with van der Waals surface area (Å²) >= 11 is 0. The maximum absolute atomic E-state index is 11.4. The molecule has 0 aliphatic heterocycles. The van der Waals surface area contributed by atoms with Gasteiger partial charge in [0, 0.05) is 19.2 Å². The van der Waals surface area contributed by atoms with E-state index in [1.54, 1.807) is 24.3 Å². The van der Waals surface area contributed by atoms with Crippen LogP contribution >= 0.6 is 0 Å². The second-order valence-corrected chi connectivity index (χ2v) is 5.78. The molecule has 0 unspecified atom stereocenters. The van der Waals surface area contributed by atoms with Gasteiger partial charge >= 0.3 is 0 Å². The fraction of sp³-hybridized carbons (Fsp3) is 0.0952. The molecule has 132 valence electrons. The van der Waals surface area contributed by atoms with Gasteiger partial charge in [-0.1, -0.05) is 30.3 Å². The molecule has 0 radical (unpaired) electrons. The van der Waals surface area contributed by atoms with Crippen molar-refractivity contribution in [2.24, 2.45) is 0 Å². The third-order valence-corrected chi connectivity index (χ3v) is 3.75. The van der Waals surface area contributed by atoms with E-state index < -0.39 is 0 Å². The Hall–Kier alpha value is -3.47. The number of carbonyl (C=O) groups excluding carboxylic acids is 1. The molecule has 5 heteroatoms. The number of phenolic OH excluding ortho intramolecular Hbond substituents is 1. The SMILES string of the molecule is CC(=O)Nc1ccccc1CNc1ccccc1Oc1ccc(O)cc1. The molecule has 0 fully saturated rings. The topological polar surface area (TPSA) is 70.6 Å². The Bertz CT molecular complexity index is 892. The van der Waals surface area contributed by atoms with E-state index in [4.69, 9.17) is 4.74 Å². The standard InChI is InChI=1S/C21H20N2O3/c1-15(24)23-19-7-3-2-6-16(19)14-22-20-8-4-5-9-21(20)26-18-12-10-17(25)11-13-18/h2-13,22,25H,14H2,1H3,(H,23,24). The number of para-hydroxylation sites is 3. The van der Waals surface area contributed by atoms with Gasteiger partial charge in [0.1, 0.15) is 11.5 Å². The molecule has 1 amide bonds. The van der Waals surface area contributed by atoms with Gasteiger partial charge in [-0.05, 0) is 48.0 Å². The van der Waals surface area contributed by atoms with Crippen LogP contribution in [0.2, 0.25) is 0 Å². The monoisotopic (exact) mass is 348 g/mol. The lowest BCUT2D eigenvalue weighted by Gasteiger charge is -2.15. The van der Waals surface area contributed by atoms with Crippen molar-refractivity contribution >= 4 is 17.3 Å². The highest BCUT2D eigenvalue weighted by Crippen LogP contribution is 2.30. The Balaban J connectivity index is 1.75. The van der Waals surface area contributed by atoms with Crippen LogP contribution in [0.3, 0.4) is 0 Å². The van der Waals surface area contributed by atoms with Gasteiger partial charge in [-0.3, -0.25) is 4.79 Å². The third-order valence-electron chi connectivity index (χ3n) is 3.75. The maximum atomic E-state index is 11.4. The third kappa shape index (κ3) is 4.54. The number of amides is 1. The van der Waals surface area contributed by atoms with E-state index in [2.05, 4.69) is 10.6 Å². The number of nitrogens with one attached hydrogen (secondary N) is 2. The molecule has 26 heavy (non-hydrogen) atoms. The number of carbonyl (C=O) groups is 1. The zero-order chi connectivity index (χ0) is 18.4. The van der Waals surface area contributed by atoms with Gasteiger partial charge in [-0.15, -0.1) is 0 Å². The van der Waals surface area contributed by atoms with Gasteiger partial charge < -0.3 is 20.5 Å². The number of rotatable bonds is 6. The van der Waals surface area contributed by atoms with Crippen molar-refractivity contribution in [1.82, 2.24) is 0 Å². The summed E-state index contributed by atoms with van der Waals surface area (Å²) in [4.78, 5) is 11.4. The largest absolute Gasteiger partial charge is 0.508 e. The van der Waals surface area contributed by atoms with Crippen molar-refractivity contribution < 1.29 is 14.6 Å². The molecule has 0 spiro atoms. The smallest absolute Gasteiger partial charge is 0.221 e. The fourth-order valence-electron chi connectivity index (χ4n) is 2.52. The van der Waals surface area contributed by atoms with E-state index >= 15 is 0 Å². The van der Waals surface area contributed by atoms with Crippen LogP contribution < -0.4 is 15.4 Å². The molecular formula is C21H20N2O3. The summed E-state index contributed by atoms with van der Waals surface area (Å²) < 4.78 is 5.90. The quantitative estimate of drug-likeness (QED) is 0.601. The first-order chi connectivity index (χ1) is 12.6. The summed E-state index contributed by atoms with van der Waals surface area (Å²) in [5.41, 5.74) is 2.59. The number of anilines is 2. The minimum absolute atomic E-state index is 0.103. The van der Waals surface area contributed by atoms with Crippen LogP contribution in [0.4, 0.5) is 11.4 Å². The number of aromatic hydroxyl groups is 1. The summed E-state index contributed by atoms with van der Waals surface area (Å²) in [6.07, 6.45) is 0. The summed E-state index contributed by atoms with van der Waals surface area (Å²) in [7, 11) is 0. The average molecular weight is 348 g/mol. The molecule has 0 heterocycles. The zero-order valence-corrected chi connectivity index (χ0v) is 14.4. The molecule has 0 aliphatic carbocycles. The van der Waals surface area contributed by atoms with Crippen LogP contribution in [0.1, 0.15) is 12.5 Å². The van der Waals surface area contributed by atoms with Crippen LogP contribution in [0, 0.1) is 0 Å². The molecule has 3 rings (SSSR count). The van der Waals surface area contributed by atoms with Gasteiger partial charge in [0.15, 0.2) is 5.75 Å². The lowest BCUT2D eigenvalue weighted by Crippen LogP contribution is -2.10. The van der Waals surface area contributed by atoms with Gasteiger partial charge in [-0.25, -0.2) is 0 Å². The van der Waals surface area contributed by atoms with Crippen LogP contribution in [-0.4, -0.2) is 11.0 Å². The molecule has 0 saturated heterocycles. The Morgan fingerprint density at radius 2 is 1.58 bits per heavy atom. The van der Waals surface area contributed by atoms with Crippen molar-refractivity contribution in [3.63, 3.8) is 0 Å². The van der Waals surface area contributed by atoms with Crippen LogP contribution in [0.15, 0.2) is 72.8 Å². The van der Waals surface area contributed by atoms with Crippen molar-refractivity contribution in [1.29, 1.82) is 0 Å². The van der Waals surface area contributed by atoms with Gasteiger partial charge in [-0.2, -0.15) is 0 Å². The molecule has 0 aliphatic rings. The fourth-order valence-corrected chi connectivity index (χ4v) is 2.52. The summed E-state index contributed by atoms with van der Waals surface area (Å²) in [6.45, 7) is 2.03. The lowest BCUT2D eigenvalue weighted by molar-refractivity contribution is -0.114. The predicted molar refractivity (Wildman–Crippen MR) is 103 cm³/mol. The molecule has 0 aromatic heterocycles. The molecule has 3 N–H and O–H groups in total. The number of hydrogen-bond donors (Lipinski definition) is 3. The Morgan fingerprint density at radius 1 is 0.923 bits per heavy atom. The van der Waals surface area contributed by atoms with E-state index in [1.165, 1.54) is 6.92 Å². The van der Waals surface area contributed by atoms with E-state index in [1.807, 2.05) is 48.5 Å². The first kappa shape index (κ1) is 17.4. The number of phenols is 1. The zero-order valence-electron chi connectivity index (χ0n) is 14.4. The van der Waals surface area contributed by atoms with Crippen LogP contribution in [-0.2, 0) is 11.3 Å². The van der Waals surface area contributed by atoms with Gasteiger partial charge in [0.2, 0.25) is 5.91 Å². The molecule has 0 atom stereocenters. The predicted octanol–water partition coefficient (Wildman–Crippen LogP) is 4.76. The summed E-state index contributed by atoms with van der Waals surface area (Å²) in [5.74, 6) is 1.40. The minimum Gasteiger partial charge on any atom is -0.508 e. The lowest BCUT2D eigenvalue weighted by atomic mass is 10.1. The van der Waals surface area contributed by atoms with Crippen molar-refractivity contribution in [3.05, 3.63) is 78.4 Å². The number of hydrogen-bond acceptors (Lipinski definition) is 4. The Kier molecular flexibility index (Phi) is 5.39. The molecule has 5 nitrogen and oxygen atoms in total. The highest BCUT2D eigenvalue weighted by molar-refractivity contribution is 5.89. The molecule has 0 bridgehead atoms. The number of benzene rings is 3. The van der Waals surface area contributed by atoms with Crippen LogP contribution in [0.5, 0.6) is 17.2 Å². The first-order valence-corrected chi connectivity index (χ1v) is 8.27. The first-order valence-electron chi connectivity index (χ1n) is 8.27. The Labute approximate surface area is 152 Å². The van der Waals surface area contributed by atoms with Gasteiger partial charge in [0.25, 0.3) is 0 Å². The summed E-state index contributed by atoms with van der Waals surface area (Å²) in [6, 6.07) is 21.8. The highest BCUT2D eigenvalue weighted by atomic mass is 16.5. The minimum atomic E-state index is -0.103. The summed E-state index contributed by atoms with van der Waals surface area (Å²) in [5, 5.41) is 15.6. The van der Waals surface area contributed by atoms with Crippen molar-refractivity contribution in [3.8, 4) is 17.2 Å². The van der Waals surface area contributed by atoms with Crippen LogP contribution in [0.25, 0.3) is 0 Å².